The van der Waals surface area contributed by atoms with E-state index in [0.717, 1.165) is 5.56 Å². The third-order valence-corrected chi connectivity index (χ3v) is 3.31. The smallest absolute Gasteiger partial charge is 0.0824 e. The number of benzene rings is 2. The summed E-state index contributed by atoms with van der Waals surface area (Å²) < 4.78 is 5.75. The Balaban J connectivity index is 1.73. The summed E-state index contributed by atoms with van der Waals surface area (Å²) in [6.07, 6.45) is 4.16. The van der Waals surface area contributed by atoms with Gasteiger partial charge in [-0.1, -0.05) is 72.8 Å². The Hall–Kier alpha value is -1.90. The van der Waals surface area contributed by atoms with Crippen molar-refractivity contribution in [2.75, 3.05) is 0 Å². The lowest BCUT2D eigenvalue weighted by atomic mass is 10.1. The third kappa shape index (κ3) is 5.54. The van der Waals surface area contributed by atoms with Gasteiger partial charge in [0.25, 0.3) is 0 Å². The molecule has 0 heterocycles. The maximum absolute atomic E-state index is 10.0. The van der Waals surface area contributed by atoms with Gasteiger partial charge in [0, 0.05) is 0 Å². The molecule has 0 saturated heterocycles. The molecule has 2 atom stereocenters. The van der Waals surface area contributed by atoms with Crippen molar-refractivity contribution in [3.05, 3.63) is 83.9 Å². The Labute approximate surface area is 126 Å². The summed E-state index contributed by atoms with van der Waals surface area (Å²) in [7, 11) is 0. The second kappa shape index (κ2) is 8.40. The zero-order valence-corrected chi connectivity index (χ0v) is 12.4. The van der Waals surface area contributed by atoms with Crippen molar-refractivity contribution in [3.63, 3.8) is 0 Å². The van der Waals surface area contributed by atoms with E-state index in [-0.39, 0.29) is 6.10 Å². The molecular weight excluding hydrogens is 260 g/mol. The maximum Gasteiger partial charge on any atom is 0.0824 e. The predicted octanol–water partition coefficient (Wildman–Crippen LogP) is 4.27. The SMILES string of the molecule is C[C@@H](/C=C\C[C@H](O)c1ccccc1)OCc1ccccc1. The number of hydrogen-bond acceptors (Lipinski definition) is 2. The standard InChI is InChI=1S/C19H22O2/c1-16(21-15-17-10-4-2-5-11-17)9-8-14-19(20)18-12-6-3-7-13-18/h2-13,16,19-20H,14-15H2,1H3/b9-8-/t16-,19-/m0/s1. The van der Waals surface area contributed by atoms with Crippen LogP contribution < -0.4 is 0 Å². The lowest BCUT2D eigenvalue weighted by Crippen LogP contribution is -2.04. The van der Waals surface area contributed by atoms with Crippen LogP contribution >= 0.6 is 0 Å². The van der Waals surface area contributed by atoms with Crippen molar-refractivity contribution in [3.8, 4) is 0 Å². The molecule has 2 rings (SSSR count). The molecule has 0 aromatic heterocycles. The first kappa shape index (κ1) is 15.5. The lowest BCUT2D eigenvalue weighted by molar-refractivity contribution is 0.0836. The van der Waals surface area contributed by atoms with Crippen LogP contribution in [0.1, 0.15) is 30.6 Å². The van der Waals surface area contributed by atoms with Crippen LogP contribution in [-0.4, -0.2) is 11.2 Å². The van der Waals surface area contributed by atoms with E-state index >= 15 is 0 Å². The largest absolute Gasteiger partial charge is 0.388 e. The van der Waals surface area contributed by atoms with Crippen molar-refractivity contribution in [2.45, 2.75) is 32.2 Å². The molecular formula is C19H22O2. The molecule has 0 radical (unpaired) electrons. The van der Waals surface area contributed by atoms with Crippen LogP contribution in [-0.2, 0) is 11.3 Å². The molecule has 21 heavy (non-hydrogen) atoms. The molecule has 0 saturated carbocycles. The normalized spacial score (nSPS) is 14.2. The van der Waals surface area contributed by atoms with Gasteiger partial charge in [0.2, 0.25) is 0 Å². The van der Waals surface area contributed by atoms with E-state index in [4.69, 9.17) is 4.74 Å². The van der Waals surface area contributed by atoms with Gasteiger partial charge in [-0.2, -0.15) is 0 Å². The average molecular weight is 282 g/mol. The fourth-order valence-corrected chi connectivity index (χ4v) is 2.07. The van der Waals surface area contributed by atoms with E-state index in [0.29, 0.717) is 13.0 Å². The molecule has 2 aromatic carbocycles. The van der Waals surface area contributed by atoms with Crippen LogP contribution in [0.25, 0.3) is 0 Å². The molecule has 0 aliphatic rings. The summed E-state index contributed by atoms with van der Waals surface area (Å²) in [6.45, 7) is 2.61. The predicted molar refractivity (Wildman–Crippen MR) is 85.9 cm³/mol. The van der Waals surface area contributed by atoms with E-state index in [1.807, 2.05) is 67.6 Å². The van der Waals surface area contributed by atoms with Crippen LogP contribution in [0.4, 0.5) is 0 Å². The summed E-state index contributed by atoms with van der Waals surface area (Å²) in [5, 5.41) is 10.0. The van der Waals surface area contributed by atoms with Gasteiger partial charge in [-0.3, -0.25) is 0 Å². The first-order valence-electron chi connectivity index (χ1n) is 7.31. The van der Waals surface area contributed by atoms with E-state index in [1.165, 1.54) is 5.56 Å². The van der Waals surface area contributed by atoms with Gasteiger partial charge in [-0.25, -0.2) is 0 Å². The summed E-state index contributed by atoms with van der Waals surface area (Å²) in [5.41, 5.74) is 2.11. The fraction of sp³-hybridized carbons (Fsp3) is 0.263. The van der Waals surface area contributed by atoms with E-state index in [2.05, 4.69) is 12.1 Å². The highest BCUT2D eigenvalue weighted by atomic mass is 16.5. The van der Waals surface area contributed by atoms with Crippen LogP contribution in [0, 0.1) is 0 Å². The number of ether oxygens (including phenoxy) is 1. The van der Waals surface area contributed by atoms with Crippen molar-refractivity contribution in [1.82, 2.24) is 0 Å². The Morgan fingerprint density at radius 3 is 2.29 bits per heavy atom. The molecule has 110 valence electrons. The Kier molecular flexibility index (Phi) is 6.20. The Morgan fingerprint density at radius 1 is 1.00 bits per heavy atom. The summed E-state index contributed by atoms with van der Waals surface area (Å²) in [6, 6.07) is 19.8. The zero-order chi connectivity index (χ0) is 14.9. The Morgan fingerprint density at radius 2 is 1.62 bits per heavy atom. The highest BCUT2D eigenvalue weighted by Crippen LogP contribution is 2.16. The summed E-state index contributed by atoms with van der Waals surface area (Å²) in [5.74, 6) is 0. The van der Waals surface area contributed by atoms with E-state index < -0.39 is 6.10 Å². The minimum absolute atomic E-state index is 0.0354. The molecule has 0 aliphatic heterocycles. The minimum Gasteiger partial charge on any atom is -0.388 e. The summed E-state index contributed by atoms with van der Waals surface area (Å²) in [4.78, 5) is 0. The van der Waals surface area contributed by atoms with Crippen molar-refractivity contribution < 1.29 is 9.84 Å². The number of aliphatic hydroxyl groups is 1. The number of hydrogen-bond donors (Lipinski definition) is 1. The van der Waals surface area contributed by atoms with Crippen molar-refractivity contribution in [1.29, 1.82) is 0 Å². The highest BCUT2D eigenvalue weighted by molar-refractivity contribution is 5.18. The number of rotatable bonds is 7. The molecule has 2 nitrogen and oxygen atoms in total. The van der Waals surface area contributed by atoms with Gasteiger partial charge >= 0.3 is 0 Å². The minimum atomic E-state index is -0.455. The molecule has 0 unspecified atom stereocenters. The first-order valence-corrected chi connectivity index (χ1v) is 7.31. The van der Waals surface area contributed by atoms with Crippen LogP contribution in [0.3, 0.4) is 0 Å². The third-order valence-electron chi connectivity index (χ3n) is 3.31. The first-order chi connectivity index (χ1) is 10.3. The molecule has 0 aliphatic carbocycles. The van der Waals surface area contributed by atoms with Gasteiger partial charge in [-0.15, -0.1) is 0 Å². The zero-order valence-electron chi connectivity index (χ0n) is 12.4. The molecule has 2 aromatic rings. The highest BCUT2D eigenvalue weighted by Gasteiger charge is 2.04. The molecule has 2 heteroatoms. The Bertz CT molecular complexity index is 534. The van der Waals surface area contributed by atoms with Crippen LogP contribution in [0.5, 0.6) is 0 Å². The van der Waals surface area contributed by atoms with Crippen LogP contribution in [0.15, 0.2) is 72.8 Å². The molecule has 0 spiro atoms. The van der Waals surface area contributed by atoms with Gasteiger partial charge in [0.15, 0.2) is 0 Å². The molecule has 0 fully saturated rings. The van der Waals surface area contributed by atoms with E-state index in [9.17, 15) is 5.11 Å². The second-order valence-electron chi connectivity index (χ2n) is 5.09. The monoisotopic (exact) mass is 282 g/mol. The second-order valence-corrected chi connectivity index (χ2v) is 5.09. The lowest BCUT2D eigenvalue weighted by Gasteiger charge is -2.10. The molecule has 1 N–H and O–H groups in total. The average Bonchev–Trinajstić information content (AvgIpc) is 2.54. The van der Waals surface area contributed by atoms with Crippen molar-refractivity contribution >= 4 is 0 Å². The van der Waals surface area contributed by atoms with Gasteiger partial charge in [0.1, 0.15) is 0 Å². The summed E-state index contributed by atoms with van der Waals surface area (Å²) >= 11 is 0. The van der Waals surface area contributed by atoms with Crippen LogP contribution in [0.2, 0.25) is 0 Å². The topological polar surface area (TPSA) is 29.5 Å². The maximum atomic E-state index is 10.0. The van der Waals surface area contributed by atoms with Gasteiger partial charge in [-0.05, 0) is 24.5 Å². The quantitative estimate of drug-likeness (QED) is 0.768. The molecule has 0 amide bonds. The van der Waals surface area contributed by atoms with Crippen molar-refractivity contribution in [2.24, 2.45) is 0 Å². The van der Waals surface area contributed by atoms with Gasteiger partial charge < -0.3 is 9.84 Å². The molecule has 0 bridgehead atoms. The van der Waals surface area contributed by atoms with Gasteiger partial charge in [0.05, 0.1) is 18.8 Å². The number of aliphatic hydroxyl groups excluding tert-OH is 1. The van der Waals surface area contributed by atoms with E-state index in [1.54, 1.807) is 0 Å². The fourth-order valence-electron chi connectivity index (χ4n) is 2.07.